The first-order chi connectivity index (χ1) is 12.8. The van der Waals surface area contributed by atoms with E-state index < -0.39 is 12.8 Å². The van der Waals surface area contributed by atoms with Crippen molar-refractivity contribution < 1.29 is 22.7 Å². The lowest BCUT2D eigenvalue weighted by Gasteiger charge is -2.36. The molecule has 2 aromatic rings. The smallest absolute Gasteiger partial charge is 0.422 e. The maximum absolute atomic E-state index is 12.6. The van der Waals surface area contributed by atoms with Crippen LogP contribution in [-0.2, 0) is 0 Å². The summed E-state index contributed by atoms with van der Waals surface area (Å²) in [4.78, 5) is 16.6. The minimum atomic E-state index is -4.38. The number of benzene rings is 2. The Bertz CT molecular complexity index is 783. The van der Waals surface area contributed by atoms with Gasteiger partial charge in [-0.25, -0.2) is 0 Å². The Morgan fingerprint density at radius 1 is 1.04 bits per heavy atom. The molecule has 0 saturated carbocycles. The summed E-state index contributed by atoms with van der Waals surface area (Å²) in [7, 11) is 0. The van der Waals surface area contributed by atoms with Crippen molar-refractivity contribution in [2.75, 3.05) is 37.7 Å². The molecule has 0 aromatic heterocycles. The molecule has 1 heterocycles. The number of halogens is 3. The number of piperazine rings is 1. The molecule has 1 fully saturated rings. The van der Waals surface area contributed by atoms with Crippen molar-refractivity contribution >= 4 is 11.6 Å². The van der Waals surface area contributed by atoms with Gasteiger partial charge in [0.25, 0.3) is 5.91 Å². The topological polar surface area (TPSA) is 32.8 Å². The van der Waals surface area contributed by atoms with Gasteiger partial charge in [-0.1, -0.05) is 12.1 Å². The fraction of sp³-hybridized carbons (Fsp3) is 0.350. The molecule has 0 N–H and O–H groups in total. The molecule has 4 nitrogen and oxygen atoms in total. The molecule has 0 radical (unpaired) electrons. The third-order valence-corrected chi connectivity index (χ3v) is 4.44. The second-order valence-electron chi connectivity index (χ2n) is 6.55. The quantitative estimate of drug-likeness (QED) is 0.809. The van der Waals surface area contributed by atoms with Gasteiger partial charge in [-0.15, -0.1) is 0 Å². The summed E-state index contributed by atoms with van der Waals surface area (Å²) in [5.74, 6) is -0.0330. The second kappa shape index (κ2) is 7.90. The maximum atomic E-state index is 12.6. The fourth-order valence-corrected chi connectivity index (χ4v) is 3.03. The number of rotatable bonds is 4. The summed E-state index contributed by atoms with van der Waals surface area (Å²) in [6.07, 6.45) is -4.38. The molecule has 144 valence electrons. The van der Waals surface area contributed by atoms with E-state index in [4.69, 9.17) is 0 Å². The molecule has 1 amide bonds. The highest BCUT2D eigenvalue weighted by Gasteiger charge is 2.28. The van der Waals surface area contributed by atoms with E-state index in [-0.39, 0.29) is 11.7 Å². The van der Waals surface area contributed by atoms with Gasteiger partial charge in [0.2, 0.25) is 0 Å². The molecule has 27 heavy (non-hydrogen) atoms. The van der Waals surface area contributed by atoms with E-state index >= 15 is 0 Å². The zero-order valence-corrected chi connectivity index (χ0v) is 15.0. The Kier molecular flexibility index (Phi) is 5.58. The zero-order chi connectivity index (χ0) is 19.4. The lowest BCUT2D eigenvalue weighted by atomic mass is 10.1. The van der Waals surface area contributed by atoms with Gasteiger partial charge in [0.1, 0.15) is 5.75 Å². The number of aryl methyl sites for hydroxylation is 1. The Morgan fingerprint density at radius 2 is 1.70 bits per heavy atom. The normalized spacial score (nSPS) is 15.0. The number of ether oxygens (including phenoxy) is 1. The van der Waals surface area contributed by atoms with Crippen LogP contribution in [0.1, 0.15) is 15.9 Å². The lowest BCUT2D eigenvalue weighted by Crippen LogP contribution is -2.48. The number of amides is 1. The van der Waals surface area contributed by atoms with Crippen molar-refractivity contribution in [2.24, 2.45) is 0 Å². The monoisotopic (exact) mass is 378 g/mol. The highest BCUT2D eigenvalue weighted by atomic mass is 19.4. The summed E-state index contributed by atoms with van der Waals surface area (Å²) in [6, 6.07) is 14.0. The van der Waals surface area contributed by atoms with Crippen LogP contribution < -0.4 is 9.64 Å². The summed E-state index contributed by atoms with van der Waals surface area (Å²) in [6.45, 7) is 3.37. The molecule has 7 heteroatoms. The zero-order valence-electron chi connectivity index (χ0n) is 15.0. The van der Waals surface area contributed by atoms with Gasteiger partial charge >= 0.3 is 6.18 Å². The molecule has 0 bridgehead atoms. The first-order valence-corrected chi connectivity index (χ1v) is 8.72. The second-order valence-corrected chi connectivity index (χ2v) is 6.55. The molecule has 1 aliphatic rings. The number of carbonyl (C=O) groups is 1. The van der Waals surface area contributed by atoms with Crippen LogP contribution in [0.2, 0.25) is 0 Å². The summed E-state index contributed by atoms with van der Waals surface area (Å²) >= 11 is 0. The van der Waals surface area contributed by atoms with Gasteiger partial charge in [-0.3, -0.25) is 4.79 Å². The molecule has 0 spiro atoms. The Balaban J connectivity index is 1.56. The van der Waals surface area contributed by atoms with E-state index in [1.54, 1.807) is 4.90 Å². The molecule has 2 aromatic carbocycles. The molecule has 3 rings (SSSR count). The molecule has 0 unspecified atom stereocenters. The highest BCUT2D eigenvalue weighted by Crippen LogP contribution is 2.21. The summed E-state index contributed by atoms with van der Waals surface area (Å²) in [5.41, 5.74) is 2.78. The predicted molar refractivity (Wildman–Crippen MR) is 97.3 cm³/mol. The summed E-state index contributed by atoms with van der Waals surface area (Å²) in [5, 5.41) is 0. The van der Waals surface area contributed by atoms with Crippen LogP contribution in [0, 0.1) is 6.92 Å². The van der Waals surface area contributed by atoms with E-state index in [9.17, 15) is 18.0 Å². The number of alkyl halides is 3. The number of nitrogens with zero attached hydrogens (tertiary/aromatic N) is 2. The van der Waals surface area contributed by atoms with Crippen LogP contribution >= 0.6 is 0 Å². The highest BCUT2D eigenvalue weighted by molar-refractivity contribution is 5.94. The Hall–Kier alpha value is -2.70. The first-order valence-electron chi connectivity index (χ1n) is 8.72. The Morgan fingerprint density at radius 3 is 2.30 bits per heavy atom. The number of hydrogen-bond acceptors (Lipinski definition) is 3. The minimum absolute atomic E-state index is 0.0909. The van der Waals surface area contributed by atoms with E-state index in [0.717, 1.165) is 18.8 Å². The van der Waals surface area contributed by atoms with Crippen molar-refractivity contribution in [3.63, 3.8) is 0 Å². The van der Waals surface area contributed by atoms with Crippen LogP contribution in [0.3, 0.4) is 0 Å². The van der Waals surface area contributed by atoms with E-state index in [1.165, 1.54) is 29.8 Å². The standard InChI is InChI=1S/C20H21F3N2O2/c1-15-3-2-4-17(13-15)24-9-11-25(12-10-24)19(26)16-5-7-18(8-6-16)27-14-20(21,22)23/h2-8,13H,9-12,14H2,1H3. The predicted octanol–water partition coefficient (Wildman–Crippen LogP) is 3.90. The molecular weight excluding hydrogens is 357 g/mol. The SMILES string of the molecule is Cc1cccc(N2CCN(C(=O)c3ccc(OCC(F)(F)F)cc3)CC2)c1. The van der Waals surface area contributed by atoms with Crippen LogP contribution in [0.25, 0.3) is 0 Å². The first kappa shape index (κ1) is 19.1. The lowest BCUT2D eigenvalue weighted by molar-refractivity contribution is -0.153. The molecule has 1 saturated heterocycles. The van der Waals surface area contributed by atoms with Crippen LogP contribution in [0.4, 0.5) is 18.9 Å². The third kappa shape index (κ3) is 5.15. The number of hydrogen-bond donors (Lipinski definition) is 0. The van der Waals surface area contributed by atoms with Crippen LogP contribution in [0.5, 0.6) is 5.75 Å². The van der Waals surface area contributed by atoms with Crippen molar-refractivity contribution in [3.8, 4) is 5.75 Å². The fourth-order valence-electron chi connectivity index (χ4n) is 3.03. The largest absolute Gasteiger partial charge is 0.484 e. The minimum Gasteiger partial charge on any atom is -0.484 e. The Labute approximate surface area is 156 Å². The van der Waals surface area contributed by atoms with Gasteiger partial charge < -0.3 is 14.5 Å². The van der Waals surface area contributed by atoms with Gasteiger partial charge in [-0.05, 0) is 48.9 Å². The van der Waals surface area contributed by atoms with Gasteiger partial charge in [-0.2, -0.15) is 13.2 Å². The van der Waals surface area contributed by atoms with E-state index in [0.29, 0.717) is 18.7 Å². The van der Waals surface area contributed by atoms with Crippen LogP contribution in [0.15, 0.2) is 48.5 Å². The van der Waals surface area contributed by atoms with Gasteiger partial charge in [0.05, 0.1) is 0 Å². The average Bonchev–Trinajstić information content (AvgIpc) is 2.66. The average molecular weight is 378 g/mol. The maximum Gasteiger partial charge on any atom is 0.422 e. The van der Waals surface area contributed by atoms with Crippen molar-refractivity contribution in [1.29, 1.82) is 0 Å². The van der Waals surface area contributed by atoms with Crippen molar-refractivity contribution in [3.05, 3.63) is 59.7 Å². The van der Waals surface area contributed by atoms with Gasteiger partial charge in [0.15, 0.2) is 6.61 Å². The molecular formula is C20H21F3N2O2. The molecule has 1 aliphatic heterocycles. The van der Waals surface area contributed by atoms with Gasteiger partial charge in [0, 0.05) is 37.4 Å². The number of anilines is 1. The molecule has 0 atom stereocenters. The van der Waals surface area contributed by atoms with E-state index in [2.05, 4.69) is 21.8 Å². The van der Waals surface area contributed by atoms with E-state index in [1.807, 2.05) is 19.1 Å². The third-order valence-electron chi connectivity index (χ3n) is 4.44. The van der Waals surface area contributed by atoms with Crippen LogP contribution in [-0.4, -0.2) is 49.8 Å². The van der Waals surface area contributed by atoms with Crippen molar-refractivity contribution in [2.45, 2.75) is 13.1 Å². The number of carbonyl (C=O) groups excluding carboxylic acids is 1. The molecule has 0 aliphatic carbocycles. The summed E-state index contributed by atoms with van der Waals surface area (Å²) < 4.78 is 41.2. The van der Waals surface area contributed by atoms with Crippen molar-refractivity contribution in [1.82, 2.24) is 4.90 Å².